The Hall–Kier alpha value is -1.47. The van der Waals surface area contributed by atoms with Crippen LogP contribution in [-0.4, -0.2) is 52.5 Å². The summed E-state index contributed by atoms with van der Waals surface area (Å²) in [6, 6.07) is 0. The van der Waals surface area contributed by atoms with E-state index in [4.69, 9.17) is 9.47 Å². The second-order valence-electron chi connectivity index (χ2n) is 4.15. The van der Waals surface area contributed by atoms with Crippen LogP contribution in [0.5, 0.6) is 0 Å². The summed E-state index contributed by atoms with van der Waals surface area (Å²) in [5.41, 5.74) is 0.921. The van der Waals surface area contributed by atoms with Gasteiger partial charge in [-0.15, -0.1) is 5.10 Å². The van der Waals surface area contributed by atoms with E-state index >= 15 is 0 Å². The fraction of sp³-hybridized carbons (Fsp3) is 0.750. The molecule has 0 aliphatic heterocycles. The molecule has 1 rings (SSSR count). The van der Waals surface area contributed by atoms with E-state index in [2.05, 4.69) is 10.3 Å². The number of carbonyl (C=O) groups is 1. The van der Waals surface area contributed by atoms with Crippen molar-refractivity contribution in [2.45, 2.75) is 39.3 Å². The lowest BCUT2D eigenvalue weighted by Gasteiger charge is -2.11. The fourth-order valence-electron chi connectivity index (χ4n) is 1.77. The van der Waals surface area contributed by atoms with Crippen molar-refractivity contribution in [3.8, 4) is 0 Å². The predicted molar refractivity (Wildman–Crippen MR) is 67.9 cm³/mol. The summed E-state index contributed by atoms with van der Waals surface area (Å²) in [4.78, 5) is 11.7. The zero-order chi connectivity index (χ0) is 14.3. The number of aliphatic hydroxyl groups is 1. The standard InChI is InChI=1S/C12H21N3O4/c1-4-6-10-11(12(17)19-5-2)13-14-15(10)7-9(16)8-18-3/h9,16H,4-8H2,1-3H3. The van der Waals surface area contributed by atoms with Gasteiger partial charge in [0.25, 0.3) is 0 Å². The third-order valence-corrected chi connectivity index (χ3v) is 2.54. The number of ether oxygens (including phenoxy) is 2. The highest BCUT2D eigenvalue weighted by molar-refractivity contribution is 5.88. The molecule has 0 aromatic carbocycles. The maximum absolute atomic E-state index is 11.7. The summed E-state index contributed by atoms with van der Waals surface area (Å²) in [6.07, 6.45) is 0.818. The van der Waals surface area contributed by atoms with Gasteiger partial charge in [-0.2, -0.15) is 0 Å². The van der Waals surface area contributed by atoms with Gasteiger partial charge in [0, 0.05) is 7.11 Å². The van der Waals surface area contributed by atoms with Gasteiger partial charge in [0.05, 0.1) is 31.6 Å². The highest BCUT2D eigenvalue weighted by atomic mass is 16.5. The second-order valence-corrected chi connectivity index (χ2v) is 4.15. The van der Waals surface area contributed by atoms with E-state index in [0.717, 1.165) is 6.42 Å². The summed E-state index contributed by atoms with van der Waals surface area (Å²) in [5, 5.41) is 17.5. The third-order valence-electron chi connectivity index (χ3n) is 2.54. The van der Waals surface area contributed by atoms with E-state index in [-0.39, 0.29) is 18.8 Å². The van der Waals surface area contributed by atoms with E-state index in [1.54, 1.807) is 11.6 Å². The molecule has 1 aromatic rings. The smallest absolute Gasteiger partial charge is 0.360 e. The Morgan fingerprint density at radius 2 is 2.21 bits per heavy atom. The Morgan fingerprint density at radius 1 is 1.47 bits per heavy atom. The molecule has 0 amide bonds. The Balaban J connectivity index is 2.89. The van der Waals surface area contributed by atoms with Gasteiger partial charge in [0.15, 0.2) is 5.69 Å². The van der Waals surface area contributed by atoms with Gasteiger partial charge in [-0.25, -0.2) is 9.48 Å². The molecule has 0 spiro atoms. The molecule has 7 heteroatoms. The highest BCUT2D eigenvalue weighted by Gasteiger charge is 2.21. The predicted octanol–water partition coefficient (Wildman–Crippen LogP) is 0.415. The van der Waals surface area contributed by atoms with Gasteiger partial charge < -0.3 is 14.6 Å². The molecule has 0 fully saturated rings. The van der Waals surface area contributed by atoms with Gasteiger partial charge in [-0.1, -0.05) is 18.6 Å². The Labute approximate surface area is 112 Å². The molecule has 0 aliphatic carbocycles. The van der Waals surface area contributed by atoms with E-state index in [9.17, 15) is 9.90 Å². The lowest BCUT2D eigenvalue weighted by atomic mass is 10.2. The number of aliphatic hydroxyl groups excluding tert-OH is 1. The first-order valence-electron chi connectivity index (χ1n) is 6.40. The first-order chi connectivity index (χ1) is 9.13. The average molecular weight is 271 g/mol. The number of nitrogens with zero attached hydrogens (tertiary/aromatic N) is 3. The Kier molecular flexibility index (Phi) is 6.44. The van der Waals surface area contributed by atoms with Gasteiger partial charge in [-0.3, -0.25) is 0 Å². The van der Waals surface area contributed by atoms with Crippen molar-refractivity contribution in [1.29, 1.82) is 0 Å². The SMILES string of the molecule is CCCc1c(C(=O)OCC)nnn1CC(O)COC. The first kappa shape index (κ1) is 15.6. The monoisotopic (exact) mass is 271 g/mol. The van der Waals surface area contributed by atoms with Crippen molar-refractivity contribution in [2.75, 3.05) is 20.3 Å². The van der Waals surface area contributed by atoms with E-state index in [1.165, 1.54) is 7.11 Å². The van der Waals surface area contributed by atoms with Gasteiger partial charge >= 0.3 is 5.97 Å². The molecule has 1 heterocycles. The van der Waals surface area contributed by atoms with Crippen LogP contribution >= 0.6 is 0 Å². The van der Waals surface area contributed by atoms with Gasteiger partial charge in [-0.05, 0) is 13.3 Å². The molecule has 1 N–H and O–H groups in total. The van der Waals surface area contributed by atoms with Crippen LogP contribution in [0.3, 0.4) is 0 Å². The minimum Gasteiger partial charge on any atom is -0.461 e. The summed E-state index contributed by atoms with van der Waals surface area (Å²) >= 11 is 0. The highest BCUT2D eigenvalue weighted by Crippen LogP contribution is 2.11. The van der Waals surface area contributed by atoms with E-state index in [0.29, 0.717) is 18.7 Å². The molecule has 7 nitrogen and oxygen atoms in total. The third kappa shape index (κ3) is 4.29. The van der Waals surface area contributed by atoms with Crippen LogP contribution in [0.2, 0.25) is 0 Å². The largest absolute Gasteiger partial charge is 0.461 e. The molecule has 0 bridgehead atoms. The molecular formula is C12H21N3O4. The molecule has 0 radical (unpaired) electrons. The molecule has 0 aliphatic rings. The number of aromatic nitrogens is 3. The lowest BCUT2D eigenvalue weighted by molar-refractivity contribution is 0.0497. The maximum Gasteiger partial charge on any atom is 0.360 e. The number of rotatable bonds is 8. The normalized spacial score (nSPS) is 12.4. The van der Waals surface area contributed by atoms with Crippen molar-refractivity contribution >= 4 is 5.97 Å². The number of esters is 1. The topological polar surface area (TPSA) is 86.5 Å². The molecule has 0 saturated heterocycles. The second kappa shape index (κ2) is 7.85. The van der Waals surface area contributed by atoms with Crippen LogP contribution in [-0.2, 0) is 22.4 Å². The van der Waals surface area contributed by atoms with E-state index in [1.807, 2.05) is 6.92 Å². The lowest BCUT2D eigenvalue weighted by Crippen LogP contribution is -2.23. The van der Waals surface area contributed by atoms with Crippen LogP contribution in [0.15, 0.2) is 0 Å². The molecule has 1 atom stereocenters. The van der Waals surface area contributed by atoms with Crippen LogP contribution in [0, 0.1) is 0 Å². The van der Waals surface area contributed by atoms with Crippen LogP contribution in [0.25, 0.3) is 0 Å². The van der Waals surface area contributed by atoms with Gasteiger partial charge in [0.1, 0.15) is 0 Å². The minimum absolute atomic E-state index is 0.208. The summed E-state index contributed by atoms with van der Waals surface area (Å²) in [6.45, 7) is 4.49. The molecule has 0 saturated carbocycles. The van der Waals surface area contributed by atoms with Crippen molar-refractivity contribution in [1.82, 2.24) is 15.0 Å². The zero-order valence-corrected chi connectivity index (χ0v) is 11.6. The molecule has 108 valence electrons. The number of hydrogen-bond donors (Lipinski definition) is 1. The number of hydrogen-bond acceptors (Lipinski definition) is 6. The summed E-state index contributed by atoms with van der Waals surface area (Å²) in [5.74, 6) is -0.474. The summed E-state index contributed by atoms with van der Waals surface area (Å²) < 4.78 is 11.3. The van der Waals surface area contributed by atoms with E-state index < -0.39 is 12.1 Å². The van der Waals surface area contributed by atoms with Crippen LogP contribution in [0.1, 0.15) is 36.5 Å². The molecule has 1 aromatic heterocycles. The van der Waals surface area contributed by atoms with Crippen molar-refractivity contribution in [2.24, 2.45) is 0 Å². The van der Waals surface area contributed by atoms with Gasteiger partial charge in [0.2, 0.25) is 0 Å². The minimum atomic E-state index is -0.683. The van der Waals surface area contributed by atoms with Crippen LogP contribution < -0.4 is 0 Å². The van der Waals surface area contributed by atoms with Crippen molar-refractivity contribution < 1.29 is 19.4 Å². The molecule has 1 unspecified atom stereocenters. The average Bonchev–Trinajstić information content (AvgIpc) is 2.74. The van der Waals surface area contributed by atoms with Crippen molar-refractivity contribution in [3.05, 3.63) is 11.4 Å². The maximum atomic E-state index is 11.7. The zero-order valence-electron chi connectivity index (χ0n) is 11.6. The number of carbonyl (C=O) groups excluding carboxylic acids is 1. The Bertz CT molecular complexity index is 406. The quantitative estimate of drug-likeness (QED) is 0.689. The fourth-order valence-corrected chi connectivity index (χ4v) is 1.77. The molecule has 19 heavy (non-hydrogen) atoms. The van der Waals surface area contributed by atoms with Crippen LogP contribution in [0.4, 0.5) is 0 Å². The Morgan fingerprint density at radius 3 is 2.79 bits per heavy atom. The van der Waals surface area contributed by atoms with Crippen molar-refractivity contribution in [3.63, 3.8) is 0 Å². The summed E-state index contributed by atoms with van der Waals surface area (Å²) in [7, 11) is 1.52. The first-order valence-corrected chi connectivity index (χ1v) is 6.40. The number of methoxy groups -OCH3 is 1. The molecular weight excluding hydrogens is 250 g/mol.